The molecule has 1 saturated heterocycles. The van der Waals surface area contributed by atoms with Gasteiger partial charge in [-0.15, -0.1) is 0 Å². The van der Waals surface area contributed by atoms with Crippen LogP contribution in [0.2, 0.25) is 5.02 Å². The van der Waals surface area contributed by atoms with Crippen molar-refractivity contribution in [2.75, 3.05) is 24.5 Å². The molecule has 0 aliphatic carbocycles. The van der Waals surface area contributed by atoms with Crippen molar-refractivity contribution >= 4 is 17.3 Å². The topological polar surface area (TPSA) is 15.3 Å². The smallest absolute Gasteiger partial charge is 0.366 e. The highest BCUT2D eigenvalue weighted by Crippen LogP contribution is 2.39. The molecule has 1 unspecified atom stereocenters. The Bertz CT molecular complexity index is 448. The van der Waals surface area contributed by atoms with Crippen LogP contribution in [0.25, 0.3) is 0 Å². The van der Waals surface area contributed by atoms with E-state index >= 15 is 0 Å². The summed E-state index contributed by atoms with van der Waals surface area (Å²) in [6, 6.07) is 4.07. The Morgan fingerprint density at radius 1 is 1.42 bits per heavy atom. The zero-order valence-electron chi connectivity index (χ0n) is 10.6. The largest absolute Gasteiger partial charge is 0.418 e. The SMILES string of the molecule is CCC1CNCCN1c1ccc(Cl)cc1C(F)(F)F. The van der Waals surface area contributed by atoms with Gasteiger partial charge in [-0.3, -0.25) is 0 Å². The number of hydrogen-bond acceptors (Lipinski definition) is 2. The molecule has 0 saturated carbocycles. The van der Waals surface area contributed by atoms with E-state index in [0.29, 0.717) is 19.6 Å². The maximum atomic E-state index is 13.1. The molecule has 6 heteroatoms. The quantitative estimate of drug-likeness (QED) is 0.897. The summed E-state index contributed by atoms with van der Waals surface area (Å²) in [6.45, 7) is 3.95. The van der Waals surface area contributed by atoms with Crippen LogP contribution in [0.15, 0.2) is 18.2 Å². The fraction of sp³-hybridized carbons (Fsp3) is 0.538. The molecule has 1 heterocycles. The van der Waals surface area contributed by atoms with E-state index < -0.39 is 11.7 Å². The van der Waals surface area contributed by atoms with Crippen molar-refractivity contribution in [1.82, 2.24) is 5.32 Å². The molecular weight excluding hydrogens is 277 g/mol. The maximum Gasteiger partial charge on any atom is 0.418 e. The molecule has 0 bridgehead atoms. The number of hydrogen-bond donors (Lipinski definition) is 1. The molecule has 0 spiro atoms. The Morgan fingerprint density at radius 3 is 2.79 bits per heavy atom. The van der Waals surface area contributed by atoms with Crippen molar-refractivity contribution < 1.29 is 13.2 Å². The van der Waals surface area contributed by atoms with Gasteiger partial charge in [-0.05, 0) is 24.6 Å². The number of benzene rings is 1. The molecule has 1 N–H and O–H groups in total. The summed E-state index contributed by atoms with van der Waals surface area (Å²) in [4.78, 5) is 1.83. The van der Waals surface area contributed by atoms with Crippen molar-refractivity contribution in [1.29, 1.82) is 0 Å². The number of piperazine rings is 1. The lowest BCUT2D eigenvalue weighted by Crippen LogP contribution is -2.51. The molecule has 0 radical (unpaired) electrons. The van der Waals surface area contributed by atoms with Crippen LogP contribution in [-0.2, 0) is 6.18 Å². The van der Waals surface area contributed by atoms with Crippen LogP contribution in [-0.4, -0.2) is 25.7 Å². The van der Waals surface area contributed by atoms with Crippen molar-refractivity contribution in [3.05, 3.63) is 28.8 Å². The third-order valence-corrected chi connectivity index (χ3v) is 3.63. The van der Waals surface area contributed by atoms with Gasteiger partial charge in [0, 0.05) is 36.4 Å². The van der Waals surface area contributed by atoms with Crippen LogP contribution < -0.4 is 10.2 Å². The first-order valence-electron chi connectivity index (χ1n) is 6.27. The van der Waals surface area contributed by atoms with Gasteiger partial charge in [-0.25, -0.2) is 0 Å². The van der Waals surface area contributed by atoms with Crippen LogP contribution in [0, 0.1) is 0 Å². The number of halogens is 4. The lowest BCUT2D eigenvalue weighted by molar-refractivity contribution is -0.137. The minimum atomic E-state index is -4.39. The monoisotopic (exact) mass is 292 g/mol. The molecule has 0 amide bonds. The standard InChI is InChI=1S/C13H16ClF3N2/c1-2-10-8-18-5-6-19(10)12-4-3-9(14)7-11(12)13(15,16)17/h3-4,7,10,18H,2,5-6,8H2,1H3. The molecule has 19 heavy (non-hydrogen) atoms. The van der Waals surface area contributed by atoms with E-state index in [4.69, 9.17) is 11.6 Å². The molecular formula is C13H16ClF3N2. The molecule has 1 atom stereocenters. The van der Waals surface area contributed by atoms with Crippen LogP contribution >= 0.6 is 11.6 Å². The molecule has 1 aliphatic rings. The summed E-state index contributed by atoms with van der Waals surface area (Å²) in [7, 11) is 0. The summed E-state index contributed by atoms with van der Waals surface area (Å²) in [5.41, 5.74) is -0.425. The summed E-state index contributed by atoms with van der Waals surface area (Å²) < 4.78 is 39.3. The van der Waals surface area contributed by atoms with E-state index in [9.17, 15) is 13.2 Å². The lowest BCUT2D eigenvalue weighted by Gasteiger charge is -2.38. The van der Waals surface area contributed by atoms with Crippen LogP contribution in [0.5, 0.6) is 0 Å². The van der Waals surface area contributed by atoms with E-state index in [1.54, 1.807) is 0 Å². The second-order valence-corrected chi connectivity index (χ2v) is 5.06. The van der Waals surface area contributed by atoms with Crippen molar-refractivity contribution in [2.45, 2.75) is 25.6 Å². The van der Waals surface area contributed by atoms with E-state index in [1.165, 1.54) is 12.1 Å². The van der Waals surface area contributed by atoms with E-state index in [1.807, 2.05) is 11.8 Å². The fourth-order valence-corrected chi connectivity index (χ4v) is 2.60. The predicted molar refractivity (Wildman–Crippen MR) is 70.7 cm³/mol. The number of nitrogens with zero attached hydrogens (tertiary/aromatic N) is 1. The molecule has 106 valence electrons. The Hall–Kier alpha value is -0.940. The summed E-state index contributed by atoms with van der Waals surface area (Å²) in [6.07, 6.45) is -3.59. The van der Waals surface area contributed by atoms with Crippen LogP contribution in [0.1, 0.15) is 18.9 Å². The van der Waals surface area contributed by atoms with Gasteiger partial charge in [0.2, 0.25) is 0 Å². The maximum absolute atomic E-state index is 13.1. The zero-order valence-corrected chi connectivity index (χ0v) is 11.4. The second-order valence-electron chi connectivity index (χ2n) is 4.62. The minimum absolute atomic E-state index is 0.0797. The van der Waals surface area contributed by atoms with Gasteiger partial charge in [-0.2, -0.15) is 13.2 Å². The normalized spacial score (nSPS) is 20.7. The van der Waals surface area contributed by atoms with Gasteiger partial charge in [0.05, 0.1) is 5.56 Å². The summed E-state index contributed by atoms with van der Waals surface area (Å²) >= 11 is 5.70. The average molecular weight is 293 g/mol. The molecule has 2 nitrogen and oxygen atoms in total. The van der Waals surface area contributed by atoms with Crippen molar-refractivity contribution in [2.24, 2.45) is 0 Å². The van der Waals surface area contributed by atoms with Crippen LogP contribution in [0.4, 0.5) is 18.9 Å². The van der Waals surface area contributed by atoms with Gasteiger partial charge in [0.1, 0.15) is 0 Å². The molecule has 0 aromatic heterocycles. The minimum Gasteiger partial charge on any atom is -0.366 e. The summed E-state index contributed by atoms with van der Waals surface area (Å²) in [5, 5.41) is 3.32. The second kappa shape index (κ2) is 5.59. The zero-order chi connectivity index (χ0) is 14.0. The van der Waals surface area contributed by atoms with Gasteiger partial charge in [0.15, 0.2) is 0 Å². The molecule has 1 fully saturated rings. The Balaban J connectivity index is 2.43. The third-order valence-electron chi connectivity index (χ3n) is 3.39. The molecule has 1 aliphatic heterocycles. The van der Waals surface area contributed by atoms with E-state index in [-0.39, 0.29) is 16.8 Å². The first kappa shape index (κ1) is 14.5. The summed E-state index contributed by atoms with van der Waals surface area (Å²) in [5.74, 6) is 0. The highest BCUT2D eigenvalue weighted by molar-refractivity contribution is 6.30. The van der Waals surface area contributed by atoms with Gasteiger partial charge in [0.25, 0.3) is 0 Å². The van der Waals surface area contributed by atoms with Gasteiger partial charge in [-0.1, -0.05) is 18.5 Å². The number of anilines is 1. The van der Waals surface area contributed by atoms with E-state index in [2.05, 4.69) is 5.32 Å². The van der Waals surface area contributed by atoms with Gasteiger partial charge >= 0.3 is 6.18 Å². The average Bonchev–Trinajstić information content (AvgIpc) is 2.37. The fourth-order valence-electron chi connectivity index (χ4n) is 2.43. The Kier molecular flexibility index (Phi) is 4.26. The Labute approximate surface area is 115 Å². The first-order chi connectivity index (χ1) is 8.93. The Morgan fingerprint density at radius 2 is 2.16 bits per heavy atom. The number of rotatable bonds is 2. The predicted octanol–water partition coefficient (Wildman–Crippen LogP) is 3.55. The highest BCUT2D eigenvalue weighted by Gasteiger charge is 2.36. The molecule has 1 aromatic carbocycles. The van der Waals surface area contributed by atoms with E-state index in [0.717, 1.165) is 12.5 Å². The lowest BCUT2D eigenvalue weighted by atomic mass is 10.1. The first-order valence-corrected chi connectivity index (χ1v) is 6.65. The molecule has 1 aromatic rings. The van der Waals surface area contributed by atoms with Crippen molar-refractivity contribution in [3.63, 3.8) is 0 Å². The molecule has 2 rings (SSSR count). The number of nitrogens with one attached hydrogen (secondary N) is 1. The van der Waals surface area contributed by atoms with Gasteiger partial charge < -0.3 is 10.2 Å². The van der Waals surface area contributed by atoms with Crippen molar-refractivity contribution in [3.8, 4) is 0 Å². The third kappa shape index (κ3) is 3.15. The number of alkyl halides is 3. The van der Waals surface area contributed by atoms with Crippen LogP contribution in [0.3, 0.4) is 0 Å². The highest BCUT2D eigenvalue weighted by atomic mass is 35.5.